The molecule has 1 heterocycles. The van der Waals surface area contributed by atoms with Crippen molar-refractivity contribution in [1.82, 2.24) is 9.29 Å². The molecule has 2 aromatic carbocycles. The van der Waals surface area contributed by atoms with Gasteiger partial charge in [0, 0.05) is 18.8 Å². The lowest BCUT2D eigenvalue weighted by Gasteiger charge is -2.11. The van der Waals surface area contributed by atoms with Crippen LogP contribution in [-0.4, -0.2) is 13.0 Å². The molecule has 140 valence electrons. The Morgan fingerprint density at radius 1 is 0.852 bits per heavy atom. The standard InChI is InChI=1S/C19H16Cl2N2O3S/c20-16-4-3-5-17(21)19(16)27(25,26)22-12-14-7-9-15(10-8-14)13-23-11-2-1-6-18(23)24/h1-11,22H,12-13H2. The first-order valence-corrected chi connectivity index (χ1v) is 10.3. The molecule has 1 N–H and O–H groups in total. The summed E-state index contributed by atoms with van der Waals surface area (Å²) in [5, 5.41) is 0.136. The molecule has 3 rings (SSSR count). The summed E-state index contributed by atoms with van der Waals surface area (Å²) in [5.41, 5.74) is 1.63. The Labute approximate surface area is 167 Å². The first-order valence-electron chi connectivity index (χ1n) is 8.04. The first kappa shape index (κ1) is 19.6. The molecule has 0 saturated heterocycles. The molecular formula is C19H16Cl2N2O3S. The Kier molecular flexibility index (Phi) is 6.01. The summed E-state index contributed by atoms with van der Waals surface area (Å²) in [6.45, 7) is 0.538. The van der Waals surface area contributed by atoms with Crippen molar-refractivity contribution in [2.75, 3.05) is 0 Å². The van der Waals surface area contributed by atoms with Crippen LogP contribution in [0.15, 0.2) is 76.6 Å². The highest BCUT2D eigenvalue weighted by Gasteiger charge is 2.21. The van der Waals surface area contributed by atoms with Crippen molar-refractivity contribution in [1.29, 1.82) is 0 Å². The van der Waals surface area contributed by atoms with Crippen LogP contribution in [-0.2, 0) is 23.1 Å². The number of hydrogen-bond donors (Lipinski definition) is 1. The normalized spacial score (nSPS) is 11.5. The van der Waals surface area contributed by atoms with Crippen molar-refractivity contribution >= 4 is 33.2 Å². The molecule has 0 unspecified atom stereocenters. The van der Waals surface area contributed by atoms with Crippen LogP contribution in [0.5, 0.6) is 0 Å². The van der Waals surface area contributed by atoms with Crippen LogP contribution >= 0.6 is 23.2 Å². The lowest BCUT2D eigenvalue weighted by atomic mass is 10.1. The van der Waals surface area contributed by atoms with Gasteiger partial charge in [-0.05, 0) is 29.3 Å². The number of hydrogen-bond acceptors (Lipinski definition) is 3. The van der Waals surface area contributed by atoms with E-state index in [1.807, 2.05) is 12.1 Å². The minimum atomic E-state index is -3.84. The molecule has 0 atom stereocenters. The topological polar surface area (TPSA) is 68.2 Å². The third-order valence-electron chi connectivity index (χ3n) is 3.93. The SMILES string of the molecule is O=c1ccccn1Cc1ccc(CNS(=O)(=O)c2c(Cl)cccc2Cl)cc1. The average molecular weight is 423 g/mol. The molecule has 0 bridgehead atoms. The van der Waals surface area contributed by atoms with E-state index in [-0.39, 0.29) is 27.0 Å². The summed E-state index contributed by atoms with van der Waals surface area (Å²) in [4.78, 5) is 11.6. The number of halogens is 2. The molecule has 0 spiro atoms. The highest BCUT2D eigenvalue weighted by Crippen LogP contribution is 2.28. The van der Waals surface area contributed by atoms with Gasteiger partial charge in [0.15, 0.2) is 0 Å². The predicted octanol–water partition coefficient (Wildman–Crippen LogP) is 3.68. The number of nitrogens with zero attached hydrogens (tertiary/aromatic N) is 1. The van der Waals surface area contributed by atoms with E-state index in [1.165, 1.54) is 18.2 Å². The van der Waals surface area contributed by atoms with Gasteiger partial charge in [0.25, 0.3) is 5.56 Å². The Morgan fingerprint density at radius 3 is 2.11 bits per heavy atom. The number of aromatic nitrogens is 1. The second kappa shape index (κ2) is 8.27. The largest absolute Gasteiger partial charge is 0.311 e. The molecule has 8 heteroatoms. The molecule has 0 radical (unpaired) electrons. The molecule has 1 aromatic heterocycles. The van der Waals surface area contributed by atoms with E-state index in [2.05, 4.69) is 4.72 Å². The molecule has 0 fully saturated rings. The van der Waals surface area contributed by atoms with E-state index in [0.717, 1.165) is 11.1 Å². The van der Waals surface area contributed by atoms with E-state index >= 15 is 0 Å². The van der Waals surface area contributed by atoms with Crippen molar-refractivity contribution in [3.8, 4) is 0 Å². The van der Waals surface area contributed by atoms with Crippen LogP contribution < -0.4 is 10.3 Å². The first-order chi connectivity index (χ1) is 12.9. The van der Waals surface area contributed by atoms with Gasteiger partial charge in [-0.3, -0.25) is 4.79 Å². The van der Waals surface area contributed by atoms with Gasteiger partial charge < -0.3 is 4.57 Å². The van der Waals surface area contributed by atoms with Gasteiger partial charge in [-0.15, -0.1) is 0 Å². The lowest BCUT2D eigenvalue weighted by Crippen LogP contribution is -2.24. The van der Waals surface area contributed by atoms with Gasteiger partial charge in [-0.25, -0.2) is 13.1 Å². The van der Waals surface area contributed by atoms with E-state index in [4.69, 9.17) is 23.2 Å². The number of sulfonamides is 1. The van der Waals surface area contributed by atoms with Crippen LogP contribution in [0.1, 0.15) is 11.1 Å². The zero-order valence-electron chi connectivity index (χ0n) is 14.1. The number of benzene rings is 2. The molecule has 0 aliphatic carbocycles. The fraction of sp³-hybridized carbons (Fsp3) is 0.105. The number of rotatable bonds is 6. The summed E-state index contributed by atoms with van der Waals surface area (Å²) < 4.78 is 29.0. The highest BCUT2D eigenvalue weighted by molar-refractivity contribution is 7.89. The minimum absolute atomic E-state index is 0.0682. The Hall–Kier alpha value is -2.12. The third-order valence-corrected chi connectivity index (χ3v) is 6.28. The van der Waals surface area contributed by atoms with E-state index in [1.54, 1.807) is 41.1 Å². The summed E-state index contributed by atoms with van der Waals surface area (Å²) in [5.74, 6) is 0. The molecule has 0 amide bonds. The molecule has 0 aliphatic rings. The average Bonchev–Trinajstić information content (AvgIpc) is 2.63. The molecule has 3 aromatic rings. The smallest absolute Gasteiger partial charge is 0.250 e. The molecule has 0 aliphatic heterocycles. The fourth-order valence-corrected chi connectivity index (χ4v) is 4.70. The van der Waals surface area contributed by atoms with Gasteiger partial charge in [0.05, 0.1) is 16.6 Å². The van der Waals surface area contributed by atoms with Gasteiger partial charge >= 0.3 is 0 Å². The third kappa shape index (κ3) is 4.78. The maximum absolute atomic E-state index is 12.5. The van der Waals surface area contributed by atoms with Crippen LogP contribution in [0.2, 0.25) is 10.0 Å². The van der Waals surface area contributed by atoms with Crippen LogP contribution in [0.25, 0.3) is 0 Å². The molecule has 27 heavy (non-hydrogen) atoms. The van der Waals surface area contributed by atoms with Gasteiger partial charge in [0.2, 0.25) is 10.0 Å². The van der Waals surface area contributed by atoms with E-state index in [9.17, 15) is 13.2 Å². The molecule has 0 saturated carbocycles. The van der Waals surface area contributed by atoms with Gasteiger partial charge in [-0.2, -0.15) is 0 Å². The molecular weight excluding hydrogens is 407 g/mol. The monoisotopic (exact) mass is 422 g/mol. The Bertz CT molecular complexity index is 1090. The number of nitrogens with one attached hydrogen (secondary N) is 1. The van der Waals surface area contributed by atoms with Crippen molar-refractivity contribution in [2.45, 2.75) is 18.0 Å². The molecule has 5 nitrogen and oxygen atoms in total. The summed E-state index contributed by atoms with van der Waals surface area (Å²) in [6, 6.07) is 16.8. The summed E-state index contributed by atoms with van der Waals surface area (Å²) in [6.07, 6.45) is 1.72. The lowest BCUT2D eigenvalue weighted by molar-refractivity contribution is 0.581. The van der Waals surface area contributed by atoms with Crippen molar-refractivity contribution in [2.24, 2.45) is 0 Å². The second-order valence-corrected chi connectivity index (χ2v) is 8.38. The van der Waals surface area contributed by atoms with Gasteiger partial charge in [-0.1, -0.05) is 59.6 Å². The van der Waals surface area contributed by atoms with E-state index < -0.39 is 10.0 Å². The minimum Gasteiger partial charge on any atom is -0.311 e. The highest BCUT2D eigenvalue weighted by atomic mass is 35.5. The zero-order chi connectivity index (χ0) is 19.4. The summed E-state index contributed by atoms with van der Waals surface area (Å²) >= 11 is 11.9. The number of pyridine rings is 1. The van der Waals surface area contributed by atoms with E-state index in [0.29, 0.717) is 6.54 Å². The van der Waals surface area contributed by atoms with Gasteiger partial charge in [0.1, 0.15) is 4.90 Å². The zero-order valence-corrected chi connectivity index (χ0v) is 16.4. The van der Waals surface area contributed by atoms with Crippen molar-refractivity contribution in [3.05, 3.63) is 98.4 Å². The summed E-state index contributed by atoms with van der Waals surface area (Å²) in [7, 11) is -3.84. The maximum Gasteiger partial charge on any atom is 0.250 e. The van der Waals surface area contributed by atoms with Crippen molar-refractivity contribution < 1.29 is 8.42 Å². The van der Waals surface area contributed by atoms with Crippen LogP contribution in [0, 0.1) is 0 Å². The van der Waals surface area contributed by atoms with Crippen LogP contribution in [0.4, 0.5) is 0 Å². The predicted molar refractivity (Wildman–Crippen MR) is 107 cm³/mol. The quantitative estimate of drug-likeness (QED) is 0.658. The fourth-order valence-electron chi connectivity index (χ4n) is 2.54. The van der Waals surface area contributed by atoms with Crippen molar-refractivity contribution in [3.63, 3.8) is 0 Å². The van der Waals surface area contributed by atoms with Crippen LogP contribution in [0.3, 0.4) is 0 Å². The maximum atomic E-state index is 12.5. The Balaban J connectivity index is 1.70. The second-order valence-electron chi connectivity index (χ2n) is 5.86. The Morgan fingerprint density at radius 2 is 1.48 bits per heavy atom.